The van der Waals surface area contributed by atoms with Gasteiger partial charge in [0.2, 0.25) is 0 Å². The highest BCUT2D eigenvalue weighted by Crippen LogP contribution is 2.28. The molecule has 1 unspecified atom stereocenters. The minimum absolute atomic E-state index is 0.0362. The first-order valence-corrected chi connectivity index (χ1v) is 7.51. The van der Waals surface area contributed by atoms with Crippen LogP contribution in [0.4, 0.5) is 0 Å². The van der Waals surface area contributed by atoms with E-state index in [0.717, 1.165) is 29.1 Å². The monoisotopic (exact) mass is 310 g/mol. The number of aliphatic imine (C=N–C) groups is 1. The number of carbonyl (C=O) groups is 1. The number of fused-ring (bicyclic) bond motifs is 1. The fraction of sp³-hybridized carbons (Fsp3) is 0.222. The maximum atomic E-state index is 12.3. The molecule has 0 aromatic carbocycles. The molecule has 2 aliphatic heterocycles. The number of allylic oxidation sites excluding steroid dienone is 4. The van der Waals surface area contributed by atoms with Crippen LogP contribution >= 0.6 is 0 Å². The van der Waals surface area contributed by atoms with E-state index in [1.165, 1.54) is 0 Å². The molecule has 0 saturated carbocycles. The van der Waals surface area contributed by atoms with Gasteiger partial charge < -0.3 is 16.4 Å². The molecule has 1 amide bonds. The number of amides is 1. The van der Waals surface area contributed by atoms with E-state index in [1.807, 2.05) is 44.2 Å². The van der Waals surface area contributed by atoms with E-state index in [1.54, 1.807) is 0 Å². The number of rotatable bonds is 2. The number of nitrogens with one attached hydrogen (secondary N) is 2. The summed E-state index contributed by atoms with van der Waals surface area (Å²) < 4.78 is 0. The number of amidine groups is 1. The number of nitrogens with zero attached hydrogens (tertiary/aromatic N) is 1. The maximum Gasteiger partial charge on any atom is 0.260 e. The van der Waals surface area contributed by atoms with Gasteiger partial charge in [-0.25, -0.2) is 0 Å². The van der Waals surface area contributed by atoms with Crippen molar-refractivity contribution in [2.24, 2.45) is 10.7 Å². The van der Waals surface area contributed by atoms with E-state index in [0.29, 0.717) is 11.4 Å². The summed E-state index contributed by atoms with van der Waals surface area (Å²) >= 11 is 0. The summed E-state index contributed by atoms with van der Waals surface area (Å²) in [5, 5.41) is 6.11. The standard InChI is InChI=1S/C16H18N4O.C2H4/c1-3-5-10-11(4-2)20-16(21)14(10)15-18-12-7-6-9(17)8-13(12)19-15;1-2/h3-6,8,12H,7,17H2,1-2H3,(H,18,19)(H,20,21);1-2H2/b5-3-,11-4+;. The van der Waals surface area contributed by atoms with Crippen LogP contribution in [0.1, 0.15) is 20.3 Å². The third-order valence-corrected chi connectivity index (χ3v) is 3.70. The fourth-order valence-electron chi connectivity index (χ4n) is 2.71. The van der Waals surface area contributed by atoms with Crippen molar-refractivity contribution in [3.8, 4) is 0 Å². The van der Waals surface area contributed by atoms with Gasteiger partial charge in [-0.2, -0.15) is 0 Å². The quantitative estimate of drug-likeness (QED) is 0.684. The summed E-state index contributed by atoms with van der Waals surface area (Å²) in [5.41, 5.74) is 9.79. The van der Waals surface area contributed by atoms with E-state index in [4.69, 9.17) is 5.73 Å². The first-order valence-electron chi connectivity index (χ1n) is 7.51. The topological polar surface area (TPSA) is 79.5 Å². The van der Waals surface area contributed by atoms with Crippen molar-refractivity contribution in [1.29, 1.82) is 0 Å². The first-order chi connectivity index (χ1) is 11.1. The maximum absolute atomic E-state index is 12.3. The van der Waals surface area contributed by atoms with Crippen LogP contribution in [-0.4, -0.2) is 17.8 Å². The lowest BCUT2D eigenvalue weighted by molar-refractivity contribution is -0.115. The van der Waals surface area contributed by atoms with Gasteiger partial charge in [-0.15, -0.1) is 13.2 Å². The molecule has 2 heterocycles. The van der Waals surface area contributed by atoms with Gasteiger partial charge in [0, 0.05) is 22.7 Å². The van der Waals surface area contributed by atoms with E-state index in [-0.39, 0.29) is 11.9 Å². The van der Waals surface area contributed by atoms with Crippen molar-refractivity contribution < 1.29 is 4.79 Å². The molecule has 3 rings (SSSR count). The summed E-state index contributed by atoms with van der Waals surface area (Å²) in [6.45, 7) is 9.83. The Morgan fingerprint density at radius 2 is 2.09 bits per heavy atom. The van der Waals surface area contributed by atoms with E-state index < -0.39 is 0 Å². The van der Waals surface area contributed by atoms with Crippen molar-refractivity contribution in [1.82, 2.24) is 10.6 Å². The summed E-state index contributed by atoms with van der Waals surface area (Å²) in [4.78, 5) is 16.9. The molecule has 0 bridgehead atoms. The Bertz CT molecular complexity index is 705. The minimum Gasteiger partial charge on any atom is -0.399 e. The highest BCUT2D eigenvalue weighted by molar-refractivity contribution is 6.25. The number of nitrogens with two attached hydrogens (primary N) is 1. The highest BCUT2D eigenvalue weighted by Gasteiger charge is 2.34. The predicted octanol–water partition coefficient (Wildman–Crippen LogP) is 2.20. The van der Waals surface area contributed by atoms with Crippen molar-refractivity contribution >= 4 is 11.7 Å². The molecule has 0 saturated heterocycles. The third kappa shape index (κ3) is 3.04. The van der Waals surface area contributed by atoms with Gasteiger partial charge in [0.15, 0.2) is 0 Å². The first kappa shape index (κ1) is 16.5. The largest absolute Gasteiger partial charge is 0.399 e. The minimum atomic E-state index is -0.123. The lowest BCUT2D eigenvalue weighted by Crippen LogP contribution is -2.27. The van der Waals surface area contributed by atoms with E-state index in [9.17, 15) is 4.79 Å². The van der Waals surface area contributed by atoms with Gasteiger partial charge in [-0.1, -0.05) is 24.3 Å². The Kier molecular flexibility index (Phi) is 5.01. The van der Waals surface area contributed by atoms with Crippen LogP contribution < -0.4 is 16.4 Å². The van der Waals surface area contributed by atoms with Crippen molar-refractivity contribution in [3.63, 3.8) is 0 Å². The lowest BCUT2D eigenvalue weighted by Gasteiger charge is -2.12. The zero-order valence-electron chi connectivity index (χ0n) is 13.5. The molecule has 0 aromatic heterocycles. The second-order valence-corrected chi connectivity index (χ2v) is 5.10. The van der Waals surface area contributed by atoms with E-state index >= 15 is 0 Å². The second kappa shape index (κ2) is 6.96. The predicted molar refractivity (Wildman–Crippen MR) is 94.3 cm³/mol. The van der Waals surface area contributed by atoms with Crippen molar-refractivity contribution in [2.45, 2.75) is 26.3 Å². The lowest BCUT2D eigenvalue weighted by atomic mass is 10.1. The fourth-order valence-corrected chi connectivity index (χ4v) is 2.71. The Labute approximate surface area is 136 Å². The van der Waals surface area contributed by atoms with Gasteiger partial charge in [0.25, 0.3) is 5.91 Å². The Balaban J connectivity index is 0.000000924. The third-order valence-electron chi connectivity index (χ3n) is 3.70. The average molecular weight is 310 g/mol. The van der Waals surface area contributed by atoms with Gasteiger partial charge in [0.1, 0.15) is 5.84 Å². The average Bonchev–Trinajstić information content (AvgIpc) is 3.09. The van der Waals surface area contributed by atoms with Gasteiger partial charge in [0.05, 0.1) is 11.6 Å². The van der Waals surface area contributed by atoms with Crippen molar-refractivity contribution in [3.05, 3.63) is 71.8 Å². The van der Waals surface area contributed by atoms with Crippen LogP contribution in [0, 0.1) is 0 Å². The summed E-state index contributed by atoms with van der Waals surface area (Å²) in [6.07, 6.45) is 10.3. The van der Waals surface area contributed by atoms with E-state index in [2.05, 4.69) is 28.8 Å². The molecule has 5 nitrogen and oxygen atoms in total. The molecule has 0 fully saturated rings. The molecule has 3 aliphatic rings. The Morgan fingerprint density at radius 3 is 2.74 bits per heavy atom. The number of hydrogen-bond acceptors (Lipinski definition) is 4. The molecule has 0 radical (unpaired) electrons. The number of carbonyl (C=O) groups excluding carboxylic acids is 1. The molecule has 0 aromatic rings. The molecule has 1 atom stereocenters. The highest BCUT2D eigenvalue weighted by atomic mass is 16.2. The summed E-state index contributed by atoms with van der Waals surface area (Å²) in [7, 11) is 0. The Hall–Kier alpha value is -2.82. The molecule has 4 N–H and O–H groups in total. The van der Waals surface area contributed by atoms with Gasteiger partial charge >= 0.3 is 0 Å². The molecule has 5 heteroatoms. The molecular weight excluding hydrogens is 288 g/mol. The normalized spacial score (nSPS) is 24.4. The zero-order chi connectivity index (χ0) is 17.0. The van der Waals surface area contributed by atoms with Crippen LogP contribution in [0.15, 0.2) is 76.8 Å². The molecule has 0 spiro atoms. The number of hydrogen-bond donors (Lipinski definition) is 3. The molecule has 23 heavy (non-hydrogen) atoms. The smallest absolute Gasteiger partial charge is 0.260 e. The Morgan fingerprint density at radius 1 is 1.35 bits per heavy atom. The van der Waals surface area contributed by atoms with Crippen LogP contribution in [0.3, 0.4) is 0 Å². The summed E-state index contributed by atoms with van der Waals surface area (Å²) in [6, 6.07) is 0.0362. The van der Waals surface area contributed by atoms with Crippen LogP contribution in [-0.2, 0) is 4.79 Å². The second-order valence-electron chi connectivity index (χ2n) is 5.10. The molecular formula is C18H22N4O. The SMILES string of the molecule is C/C=C\C1=C(C2=NC3CC=C(N)C=C3N2)C(=O)N/C1=C/C.C=C. The van der Waals surface area contributed by atoms with Crippen LogP contribution in [0.25, 0.3) is 0 Å². The summed E-state index contributed by atoms with van der Waals surface area (Å²) in [5.74, 6) is 0.499. The van der Waals surface area contributed by atoms with Gasteiger partial charge in [-0.3, -0.25) is 9.79 Å². The van der Waals surface area contributed by atoms with Gasteiger partial charge in [-0.05, 0) is 26.3 Å². The molecule has 120 valence electrons. The zero-order valence-corrected chi connectivity index (χ0v) is 13.5. The van der Waals surface area contributed by atoms with Crippen molar-refractivity contribution in [2.75, 3.05) is 0 Å². The van der Waals surface area contributed by atoms with Crippen LogP contribution in [0.5, 0.6) is 0 Å². The van der Waals surface area contributed by atoms with Crippen LogP contribution in [0.2, 0.25) is 0 Å². The molecule has 1 aliphatic carbocycles.